The van der Waals surface area contributed by atoms with Crippen molar-refractivity contribution in [3.8, 4) is 0 Å². The van der Waals surface area contributed by atoms with E-state index in [1.165, 1.54) is 5.69 Å². The third-order valence-electron chi connectivity index (χ3n) is 3.36. The van der Waals surface area contributed by atoms with Gasteiger partial charge >= 0.3 is 0 Å². The molecule has 112 valence electrons. The fourth-order valence-electron chi connectivity index (χ4n) is 2.36. The van der Waals surface area contributed by atoms with Crippen LogP contribution in [0.1, 0.15) is 25.6 Å². The van der Waals surface area contributed by atoms with Gasteiger partial charge in [-0.2, -0.15) is 0 Å². The van der Waals surface area contributed by atoms with Crippen molar-refractivity contribution in [3.63, 3.8) is 0 Å². The van der Waals surface area contributed by atoms with Crippen LogP contribution in [0.3, 0.4) is 0 Å². The van der Waals surface area contributed by atoms with Gasteiger partial charge in [-0.15, -0.1) is 11.3 Å². The number of benzene rings is 1. The first-order chi connectivity index (χ1) is 10.1. The number of carbonyl (C=O) groups excluding carboxylic acids is 1. The lowest BCUT2D eigenvalue weighted by Crippen LogP contribution is -2.30. The molecule has 0 radical (unpaired) electrons. The van der Waals surface area contributed by atoms with Gasteiger partial charge in [-0.1, -0.05) is 6.07 Å². The molecule has 0 atom stereocenters. The second kappa shape index (κ2) is 7.27. The largest absolute Gasteiger partial charge is 0.369 e. The standard InChI is InChI=1S/C17H22N2OS/c1-4-19(13(2)3)15-9-7-14(8-10-15)18-17(20)12-16-6-5-11-21-16/h5-11,13H,4,12H2,1-3H3,(H,18,20). The van der Waals surface area contributed by atoms with Gasteiger partial charge in [-0.3, -0.25) is 4.79 Å². The van der Waals surface area contributed by atoms with Crippen LogP contribution in [0.5, 0.6) is 0 Å². The van der Waals surface area contributed by atoms with Gasteiger partial charge in [-0.05, 0) is 56.5 Å². The molecule has 1 heterocycles. The smallest absolute Gasteiger partial charge is 0.229 e. The van der Waals surface area contributed by atoms with Crippen LogP contribution in [-0.4, -0.2) is 18.5 Å². The molecular weight excluding hydrogens is 280 g/mol. The van der Waals surface area contributed by atoms with Crippen LogP contribution in [0.15, 0.2) is 41.8 Å². The Balaban J connectivity index is 1.97. The van der Waals surface area contributed by atoms with Gasteiger partial charge in [0.1, 0.15) is 0 Å². The Morgan fingerprint density at radius 3 is 2.48 bits per heavy atom. The van der Waals surface area contributed by atoms with Crippen LogP contribution in [0, 0.1) is 0 Å². The summed E-state index contributed by atoms with van der Waals surface area (Å²) in [5.74, 6) is 0.0291. The van der Waals surface area contributed by atoms with E-state index in [0.29, 0.717) is 12.5 Å². The molecule has 3 nitrogen and oxygen atoms in total. The molecule has 1 N–H and O–H groups in total. The van der Waals surface area contributed by atoms with Gasteiger partial charge in [0, 0.05) is 28.8 Å². The van der Waals surface area contributed by atoms with Gasteiger partial charge in [0.15, 0.2) is 0 Å². The minimum atomic E-state index is 0.0291. The Kier molecular flexibility index (Phi) is 5.39. The van der Waals surface area contributed by atoms with Crippen LogP contribution in [0.2, 0.25) is 0 Å². The van der Waals surface area contributed by atoms with E-state index in [9.17, 15) is 4.79 Å². The highest BCUT2D eigenvalue weighted by atomic mass is 32.1. The van der Waals surface area contributed by atoms with E-state index >= 15 is 0 Å². The Morgan fingerprint density at radius 1 is 1.24 bits per heavy atom. The molecular formula is C17H22N2OS. The molecule has 0 fully saturated rings. The number of nitrogens with zero attached hydrogens (tertiary/aromatic N) is 1. The first-order valence-electron chi connectivity index (χ1n) is 7.29. The number of nitrogens with one attached hydrogen (secondary N) is 1. The summed E-state index contributed by atoms with van der Waals surface area (Å²) in [4.78, 5) is 15.3. The summed E-state index contributed by atoms with van der Waals surface area (Å²) >= 11 is 1.61. The van der Waals surface area contributed by atoms with Gasteiger partial charge in [0.2, 0.25) is 5.91 Å². The quantitative estimate of drug-likeness (QED) is 0.869. The van der Waals surface area contributed by atoms with E-state index < -0.39 is 0 Å². The van der Waals surface area contributed by atoms with Gasteiger partial charge in [0.25, 0.3) is 0 Å². The minimum Gasteiger partial charge on any atom is -0.369 e. The van der Waals surface area contributed by atoms with Crippen molar-refractivity contribution in [1.29, 1.82) is 0 Å². The fourth-order valence-corrected chi connectivity index (χ4v) is 3.06. The summed E-state index contributed by atoms with van der Waals surface area (Å²) < 4.78 is 0. The molecule has 1 aromatic heterocycles. The van der Waals surface area contributed by atoms with Crippen molar-refractivity contribution in [2.24, 2.45) is 0 Å². The lowest BCUT2D eigenvalue weighted by atomic mass is 10.2. The Labute approximate surface area is 130 Å². The molecule has 2 aromatic rings. The van der Waals surface area contributed by atoms with E-state index in [-0.39, 0.29) is 5.91 Å². The number of hydrogen-bond acceptors (Lipinski definition) is 3. The molecule has 4 heteroatoms. The van der Waals surface area contributed by atoms with Crippen LogP contribution < -0.4 is 10.2 Å². The van der Waals surface area contributed by atoms with E-state index in [1.807, 2.05) is 29.6 Å². The van der Waals surface area contributed by atoms with Crippen molar-refractivity contribution >= 4 is 28.6 Å². The zero-order valence-corrected chi connectivity index (χ0v) is 13.6. The maximum atomic E-state index is 11.9. The second-order valence-electron chi connectivity index (χ2n) is 5.23. The zero-order chi connectivity index (χ0) is 15.2. The number of amides is 1. The molecule has 0 bridgehead atoms. The predicted octanol–water partition coefficient (Wildman–Crippen LogP) is 4.16. The third kappa shape index (κ3) is 4.33. The third-order valence-corrected chi connectivity index (χ3v) is 4.24. The molecule has 0 saturated carbocycles. The predicted molar refractivity (Wildman–Crippen MR) is 91.3 cm³/mol. The number of anilines is 2. The van der Waals surface area contributed by atoms with Crippen molar-refractivity contribution in [1.82, 2.24) is 0 Å². The summed E-state index contributed by atoms with van der Waals surface area (Å²) in [6.45, 7) is 7.49. The van der Waals surface area contributed by atoms with E-state index in [4.69, 9.17) is 0 Å². The van der Waals surface area contributed by atoms with E-state index in [1.54, 1.807) is 11.3 Å². The maximum Gasteiger partial charge on any atom is 0.229 e. The topological polar surface area (TPSA) is 32.3 Å². The average Bonchev–Trinajstić information content (AvgIpc) is 2.94. The summed E-state index contributed by atoms with van der Waals surface area (Å²) in [6.07, 6.45) is 0.437. The zero-order valence-electron chi connectivity index (χ0n) is 12.8. The average molecular weight is 302 g/mol. The van der Waals surface area contributed by atoms with Gasteiger partial charge in [-0.25, -0.2) is 0 Å². The number of thiophene rings is 1. The molecule has 0 saturated heterocycles. The molecule has 0 aliphatic rings. The highest BCUT2D eigenvalue weighted by molar-refractivity contribution is 7.10. The highest BCUT2D eigenvalue weighted by Crippen LogP contribution is 2.20. The number of hydrogen-bond donors (Lipinski definition) is 1. The molecule has 0 spiro atoms. The van der Waals surface area contributed by atoms with Crippen LogP contribution in [0.4, 0.5) is 11.4 Å². The molecule has 0 aliphatic heterocycles. The lowest BCUT2D eigenvalue weighted by Gasteiger charge is -2.27. The van der Waals surface area contributed by atoms with Crippen LogP contribution >= 0.6 is 11.3 Å². The summed E-state index contributed by atoms with van der Waals surface area (Å²) in [7, 11) is 0. The summed E-state index contributed by atoms with van der Waals surface area (Å²) in [5.41, 5.74) is 2.03. The van der Waals surface area contributed by atoms with Crippen molar-refractivity contribution in [3.05, 3.63) is 46.7 Å². The highest BCUT2D eigenvalue weighted by Gasteiger charge is 2.09. The molecule has 0 unspecified atom stereocenters. The lowest BCUT2D eigenvalue weighted by molar-refractivity contribution is -0.115. The van der Waals surface area contributed by atoms with Gasteiger partial charge < -0.3 is 10.2 Å². The first-order valence-corrected chi connectivity index (χ1v) is 8.17. The van der Waals surface area contributed by atoms with Gasteiger partial charge in [0.05, 0.1) is 6.42 Å². The van der Waals surface area contributed by atoms with E-state index in [0.717, 1.165) is 17.1 Å². The fraction of sp³-hybridized carbons (Fsp3) is 0.353. The molecule has 1 aromatic carbocycles. The first kappa shape index (κ1) is 15.6. The Bertz CT molecular complexity index is 561. The molecule has 1 amide bonds. The Morgan fingerprint density at radius 2 is 1.95 bits per heavy atom. The second-order valence-corrected chi connectivity index (χ2v) is 6.26. The van der Waals surface area contributed by atoms with Crippen molar-refractivity contribution < 1.29 is 4.79 Å². The van der Waals surface area contributed by atoms with Crippen LogP contribution in [0.25, 0.3) is 0 Å². The molecule has 21 heavy (non-hydrogen) atoms. The number of rotatable bonds is 6. The number of carbonyl (C=O) groups is 1. The van der Waals surface area contributed by atoms with E-state index in [2.05, 4.69) is 43.1 Å². The maximum absolute atomic E-state index is 11.9. The van der Waals surface area contributed by atoms with Crippen molar-refractivity contribution in [2.45, 2.75) is 33.2 Å². The SMILES string of the molecule is CCN(c1ccc(NC(=O)Cc2cccs2)cc1)C(C)C. The van der Waals surface area contributed by atoms with Crippen LogP contribution in [-0.2, 0) is 11.2 Å². The monoisotopic (exact) mass is 302 g/mol. The Hall–Kier alpha value is -1.81. The minimum absolute atomic E-state index is 0.0291. The normalized spacial score (nSPS) is 10.7. The summed E-state index contributed by atoms with van der Waals surface area (Å²) in [5, 5.41) is 4.93. The molecule has 0 aliphatic carbocycles. The summed E-state index contributed by atoms with van der Waals surface area (Å²) in [6, 6.07) is 12.5. The van der Waals surface area contributed by atoms with Crippen molar-refractivity contribution in [2.75, 3.05) is 16.8 Å². The molecule has 2 rings (SSSR count).